The second kappa shape index (κ2) is 12.3. The molecule has 0 unspecified atom stereocenters. The van der Waals surface area contributed by atoms with E-state index < -0.39 is 0 Å². The van der Waals surface area contributed by atoms with E-state index in [9.17, 15) is 0 Å². The maximum absolute atomic E-state index is 5.71. The molecule has 2 heterocycles. The molecule has 22 heavy (non-hydrogen) atoms. The molecular formula is C18H36N2O2. The van der Waals surface area contributed by atoms with Crippen molar-refractivity contribution in [2.24, 2.45) is 0 Å². The molecule has 2 rings (SSSR count). The van der Waals surface area contributed by atoms with Gasteiger partial charge in [-0.25, -0.2) is 0 Å². The summed E-state index contributed by atoms with van der Waals surface area (Å²) in [5.74, 6) is 0. The summed E-state index contributed by atoms with van der Waals surface area (Å²) in [5, 5.41) is 0. The Morgan fingerprint density at radius 1 is 0.455 bits per heavy atom. The van der Waals surface area contributed by atoms with Crippen LogP contribution in [0.5, 0.6) is 0 Å². The van der Waals surface area contributed by atoms with E-state index >= 15 is 0 Å². The van der Waals surface area contributed by atoms with Crippen LogP contribution in [0.15, 0.2) is 0 Å². The first-order valence-corrected chi connectivity index (χ1v) is 9.55. The molecule has 2 aliphatic rings. The largest absolute Gasteiger partial charge is 0.378 e. The summed E-state index contributed by atoms with van der Waals surface area (Å²) in [6, 6.07) is 0. The Balaban J connectivity index is 1.36. The molecule has 0 aromatic carbocycles. The van der Waals surface area contributed by atoms with Crippen LogP contribution in [-0.4, -0.2) is 75.5 Å². The third-order valence-electron chi connectivity index (χ3n) is 4.87. The minimum atomic E-state index is 0.744. The standard InChI is InChI=1S/C18H36N2O2/c1-2-6-10-19(9-5-1)13-15-21-17-18-22-16-14-20-11-7-3-4-8-12-20/h1-18H2. The smallest absolute Gasteiger partial charge is 0.0701 e. The lowest BCUT2D eigenvalue weighted by atomic mass is 10.2. The molecule has 2 saturated heterocycles. The molecule has 0 aromatic rings. The van der Waals surface area contributed by atoms with Gasteiger partial charge in [0.05, 0.1) is 26.4 Å². The molecule has 2 fully saturated rings. The third kappa shape index (κ3) is 8.47. The van der Waals surface area contributed by atoms with Crippen LogP contribution in [0.25, 0.3) is 0 Å². The zero-order valence-electron chi connectivity index (χ0n) is 14.4. The van der Waals surface area contributed by atoms with Crippen LogP contribution in [0, 0.1) is 0 Å². The lowest BCUT2D eigenvalue weighted by Crippen LogP contribution is -2.29. The van der Waals surface area contributed by atoms with Gasteiger partial charge in [-0.3, -0.25) is 0 Å². The SMILES string of the molecule is C1CCCN(CCOCCOCCN2CCCCCC2)CC1. The van der Waals surface area contributed by atoms with Crippen molar-refractivity contribution < 1.29 is 9.47 Å². The lowest BCUT2D eigenvalue weighted by Gasteiger charge is -2.20. The average molecular weight is 312 g/mol. The van der Waals surface area contributed by atoms with Crippen molar-refractivity contribution in [3.05, 3.63) is 0 Å². The number of hydrogen-bond acceptors (Lipinski definition) is 4. The number of rotatable bonds is 9. The minimum Gasteiger partial charge on any atom is -0.378 e. The Morgan fingerprint density at radius 2 is 0.818 bits per heavy atom. The number of likely N-dealkylation sites (tertiary alicyclic amines) is 2. The highest BCUT2D eigenvalue weighted by molar-refractivity contribution is 4.63. The van der Waals surface area contributed by atoms with Gasteiger partial charge in [-0.05, 0) is 51.9 Å². The number of nitrogens with zero attached hydrogens (tertiary/aromatic N) is 2. The lowest BCUT2D eigenvalue weighted by molar-refractivity contribution is 0.0317. The van der Waals surface area contributed by atoms with E-state index in [1.165, 1.54) is 77.5 Å². The second-order valence-electron chi connectivity index (χ2n) is 6.74. The molecule has 0 aliphatic carbocycles. The Hall–Kier alpha value is -0.160. The molecule has 2 aliphatic heterocycles. The Bertz CT molecular complexity index is 221. The highest BCUT2D eigenvalue weighted by Gasteiger charge is 2.09. The fourth-order valence-corrected chi connectivity index (χ4v) is 3.43. The quantitative estimate of drug-likeness (QED) is 0.611. The third-order valence-corrected chi connectivity index (χ3v) is 4.87. The van der Waals surface area contributed by atoms with Crippen LogP contribution >= 0.6 is 0 Å². The molecule has 130 valence electrons. The van der Waals surface area contributed by atoms with E-state index in [0.717, 1.165) is 39.5 Å². The van der Waals surface area contributed by atoms with Gasteiger partial charge in [0.15, 0.2) is 0 Å². The van der Waals surface area contributed by atoms with Gasteiger partial charge in [0.25, 0.3) is 0 Å². The Morgan fingerprint density at radius 3 is 1.18 bits per heavy atom. The van der Waals surface area contributed by atoms with Gasteiger partial charge in [0.1, 0.15) is 0 Å². The summed E-state index contributed by atoms with van der Waals surface area (Å²) in [7, 11) is 0. The molecule has 0 amide bonds. The van der Waals surface area contributed by atoms with Crippen molar-refractivity contribution >= 4 is 0 Å². The van der Waals surface area contributed by atoms with Crippen LogP contribution in [0.1, 0.15) is 51.4 Å². The van der Waals surface area contributed by atoms with Crippen LogP contribution in [0.3, 0.4) is 0 Å². The first kappa shape index (κ1) is 18.2. The summed E-state index contributed by atoms with van der Waals surface area (Å²) in [5.41, 5.74) is 0. The van der Waals surface area contributed by atoms with Crippen molar-refractivity contribution in [1.82, 2.24) is 9.80 Å². The fourth-order valence-electron chi connectivity index (χ4n) is 3.43. The highest BCUT2D eigenvalue weighted by atomic mass is 16.5. The van der Waals surface area contributed by atoms with Gasteiger partial charge in [-0.2, -0.15) is 0 Å². The molecular weight excluding hydrogens is 276 g/mol. The van der Waals surface area contributed by atoms with Gasteiger partial charge in [0, 0.05) is 13.1 Å². The molecule has 0 N–H and O–H groups in total. The van der Waals surface area contributed by atoms with E-state index in [1.807, 2.05) is 0 Å². The monoisotopic (exact) mass is 312 g/mol. The molecule has 4 nitrogen and oxygen atoms in total. The fraction of sp³-hybridized carbons (Fsp3) is 1.00. The number of hydrogen-bond donors (Lipinski definition) is 0. The molecule has 0 atom stereocenters. The molecule has 0 bridgehead atoms. The van der Waals surface area contributed by atoms with E-state index in [4.69, 9.17) is 9.47 Å². The first-order chi connectivity index (χ1) is 10.9. The summed E-state index contributed by atoms with van der Waals surface area (Å²) >= 11 is 0. The highest BCUT2D eigenvalue weighted by Crippen LogP contribution is 2.09. The predicted molar refractivity (Wildman–Crippen MR) is 91.5 cm³/mol. The molecule has 0 saturated carbocycles. The summed E-state index contributed by atoms with van der Waals surface area (Å²) < 4.78 is 11.4. The minimum absolute atomic E-state index is 0.744. The van der Waals surface area contributed by atoms with E-state index in [2.05, 4.69) is 9.80 Å². The Kier molecular flexibility index (Phi) is 10.2. The van der Waals surface area contributed by atoms with Crippen molar-refractivity contribution in [2.45, 2.75) is 51.4 Å². The van der Waals surface area contributed by atoms with E-state index in [-0.39, 0.29) is 0 Å². The van der Waals surface area contributed by atoms with Gasteiger partial charge in [-0.15, -0.1) is 0 Å². The van der Waals surface area contributed by atoms with E-state index in [1.54, 1.807) is 0 Å². The van der Waals surface area contributed by atoms with Crippen LogP contribution in [0.2, 0.25) is 0 Å². The van der Waals surface area contributed by atoms with Crippen LogP contribution in [-0.2, 0) is 9.47 Å². The zero-order chi connectivity index (χ0) is 15.3. The van der Waals surface area contributed by atoms with Crippen molar-refractivity contribution in [3.63, 3.8) is 0 Å². The Labute approximate surface area is 137 Å². The van der Waals surface area contributed by atoms with Crippen molar-refractivity contribution in [2.75, 3.05) is 65.7 Å². The summed E-state index contributed by atoms with van der Waals surface area (Å²) in [4.78, 5) is 5.10. The first-order valence-electron chi connectivity index (χ1n) is 9.55. The van der Waals surface area contributed by atoms with Gasteiger partial charge in [0.2, 0.25) is 0 Å². The number of ether oxygens (including phenoxy) is 2. The van der Waals surface area contributed by atoms with Gasteiger partial charge < -0.3 is 19.3 Å². The molecule has 4 heteroatoms. The maximum Gasteiger partial charge on any atom is 0.0701 e. The normalized spacial score (nSPS) is 22.4. The maximum atomic E-state index is 5.71. The van der Waals surface area contributed by atoms with Gasteiger partial charge in [-0.1, -0.05) is 25.7 Å². The van der Waals surface area contributed by atoms with Crippen LogP contribution in [0.4, 0.5) is 0 Å². The van der Waals surface area contributed by atoms with E-state index in [0.29, 0.717) is 0 Å². The second-order valence-corrected chi connectivity index (χ2v) is 6.74. The van der Waals surface area contributed by atoms with Crippen molar-refractivity contribution in [1.29, 1.82) is 0 Å². The topological polar surface area (TPSA) is 24.9 Å². The van der Waals surface area contributed by atoms with Gasteiger partial charge >= 0.3 is 0 Å². The predicted octanol–water partition coefficient (Wildman–Crippen LogP) is 2.77. The average Bonchev–Trinajstić information content (AvgIpc) is 2.94. The molecule has 0 radical (unpaired) electrons. The van der Waals surface area contributed by atoms with Crippen molar-refractivity contribution in [3.8, 4) is 0 Å². The summed E-state index contributed by atoms with van der Waals surface area (Å²) in [6.07, 6.45) is 11.1. The molecule has 0 spiro atoms. The zero-order valence-corrected chi connectivity index (χ0v) is 14.4. The van der Waals surface area contributed by atoms with Crippen LogP contribution < -0.4 is 0 Å². The summed E-state index contributed by atoms with van der Waals surface area (Å²) in [6.45, 7) is 10.4. The molecule has 0 aromatic heterocycles.